The van der Waals surface area contributed by atoms with Gasteiger partial charge in [-0.3, -0.25) is 14.4 Å². The summed E-state index contributed by atoms with van der Waals surface area (Å²) >= 11 is 0. The molecule has 8 nitrogen and oxygen atoms in total. The summed E-state index contributed by atoms with van der Waals surface area (Å²) in [5, 5.41) is 17.1. The van der Waals surface area contributed by atoms with E-state index in [0.717, 1.165) is 11.1 Å². The maximum absolute atomic E-state index is 12.6. The zero-order valence-electron chi connectivity index (χ0n) is 19.2. The van der Waals surface area contributed by atoms with Gasteiger partial charge in [0.25, 0.3) is 11.8 Å². The highest BCUT2D eigenvalue weighted by molar-refractivity contribution is 5.96. The summed E-state index contributed by atoms with van der Waals surface area (Å²) in [5.74, 6) is -0.537. The predicted octanol–water partition coefficient (Wildman–Crippen LogP) is 3.25. The van der Waals surface area contributed by atoms with E-state index in [9.17, 15) is 14.4 Å². The summed E-state index contributed by atoms with van der Waals surface area (Å²) in [4.78, 5) is 37.0. The van der Waals surface area contributed by atoms with Gasteiger partial charge in [-0.05, 0) is 47.9 Å². The van der Waals surface area contributed by atoms with E-state index in [-0.39, 0.29) is 30.0 Å². The topological polar surface area (TPSA) is 124 Å². The molecule has 0 aliphatic carbocycles. The third kappa shape index (κ3) is 5.90. The number of likely N-dealkylation sites (N-methyl/N-ethyl adjacent to an activating group) is 1. The molecule has 0 saturated carbocycles. The number of nitrogens with one attached hydrogen (secondary N) is 3. The molecule has 0 spiro atoms. The standard InChI is InChI=1S/C26H26N4O4/c1-16(2)23(26(33)28-3)30-25(32)22-11-10-21(34-22)19-8-5-7-18(13-19)15-29-24(31)20-9-4-6-17(12-20)14-27/h4-13,16,23H,15H2,1-3H3,(H,28,33)(H,29,31)(H,30,32)/t23-/m0/s1. The predicted molar refractivity (Wildman–Crippen MR) is 127 cm³/mol. The lowest BCUT2D eigenvalue weighted by Gasteiger charge is -2.19. The molecule has 3 rings (SSSR count). The Morgan fingerprint density at radius 2 is 1.76 bits per heavy atom. The van der Waals surface area contributed by atoms with Gasteiger partial charge >= 0.3 is 0 Å². The van der Waals surface area contributed by atoms with Crippen molar-refractivity contribution in [1.29, 1.82) is 5.26 Å². The average Bonchev–Trinajstić information content (AvgIpc) is 3.36. The second kappa shape index (κ2) is 11.0. The van der Waals surface area contributed by atoms with Gasteiger partial charge in [-0.2, -0.15) is 5.26 Å². The summed E-state index contributed by atoms with van der Waals surface area (Å²) in [6.45, 7) is 3.97. The molecule has 3 N–H and O–H groups in total. The van der Waals surface area contributed by atoms with Gasteiger partial charge in [-0.1, -0.05) is 38.1 Å². The Balaban J connectivity index is 1.68. The zero-order chi connectivity index (χ0) is 24.7. The molecule has 0 radical (unpaired) electrons. The number of nitriles is 1. The van der Waals surface area contributed by atoms with Crippen molar-refractivity contribution in [3.05, 3.63) is 83.1 Å². The van der Waals surface area contributed by atoms with E-state index < -0.39 is 11.9 Å². The number of hydrogen-bond acceptors (Lipinski definition) is 5. The Hall–Kier alpha value is -4.38. The third-order valence-corrected chi connectivity index (χ3v) is 5.23. The average molecular weight is 459 g/mol. The first-order valence-electron chi connectivity index (χ1n) is 10.8. The molecular formula is C26H26N4O4. The SMILES string of the molecule is CNC(=O)[C@@H](NC(=O)c1ccc(-c2cccc(CNC(=O)c3cccc(C#N)c3)c2)o1)C(C)C. The molecule has 1 aromatic heterocycles. The molecule has 0 fully saturated rings. The van der Waals surface area contributed by atoms with Crippen LogP contribution < -0.4 is 16.0 Å². The normalized spacial score (nSPS) is 11.4. The van der Waals surface area contributed by atoms with Crippen LogP contribution in [-0.2, 0) is 11.3 Å². The minimum Gasteiger partial charge on any atom is -0.451 e. The lowest BCUT2D eigenvalue weighted by molar-refractivity contribution is -0.123. The zero-order valence-corrected chi connectivity index (χ0v) is 19.2. The van der Waals surface area contributed by atoms with Gasteiger partial charge in [0.2, 0.25) is 5.91 Å². The lowest BCUT2D eigenvalue weighted by atomic mass is 10.0. The molecule has 2 aromatic carbocycles. The van der Waals surface area contributed by atoms with Crippen molar-refractivity contribution in [1.82, 2.24) is 16.0 Å². The number of amides is 3. The first-order chi connectivity index (χ1) is 16.3. The highest BCUT2D eigenvalue weighted by Crippen LogP contribution is 2.23. The lowest BCUT2D eigenvalue weighted by Crippen LogP contribution is -2.48. The molecule has 3 amide bonds. The van der Waals surface area contributed by atoms with E-state index in [1.165, 1.54) is 13.1 Å². The molecule has 0 unspecified atom stereocenters. The van der Waals surface area contributed by atoms with Gasteiger partial charge < -0.3 is 20.4 Å². The highest BCUT2D eigenvalue weighted by Gasteiger charge is 2.25. The number of rotatable bonds is 8. The molecule has 174 valence electrons. The van der Waals surface area contributed by atoms with Crippen LogP contribution in [0.15, 0.2) is 65.1 Å². The smallest absolute Gasteiger partial charge is 0.287 e. The van der Waals surface area contributed by atoms with Gasteiger partial charge in [0.1, 0.15) is 11.8 Å². The number of carbonyl (C=O) groups excluding carboxylic acids is 3. The van der Waals surface area contributed by atoms with Crippen molar-refractivity contribution in [2.24, 2.45) is 5.92 Å². The number of benzene rings is 2. The first kappa shape index (κ1) is 24.3. The van der Waals surface area contributed by atoms with Crippen molar-refractivity contribution in [3.63, 3.8) is 0 Å². The molecule has 0 aliphatic heterocycles. The molecule has 1 heterocycles. The third-order valence-electron chi connectivity index (χ3n) is 5.23. The summed E-state index contributed by atoms with van der Waals surface area (Å²) < 4.78 is 5.74. The fourth-order valence-corrected chi connectivity index (χ4v) is 3.37. The minimum atomic E-state index is -0.674. The molecule has 0 aliphatic rings. The molecule has 0 bridgehead atoms. The van der Waals surface area contributed by atoms with E-state index in [1.807, 2.05) is 44.2 Å². The fraction of sp³-hybridized carbons (Fsp3) is 0.231. The van der Waals surface area contributed by atoms with Crippen LogP contribution in [0.25, 0.3) is 11.3 Å². The van der Waals surface area contributed by atoms with E-state index in [1.54, 1.807) is 30.3 Å². The second-order valence-electron chi connectivity index (χ2n) is 8.05. The van der Waals surface area contributed by atoms with Gasteiger partial charge in [-0.25, -0.2) is 0 Å². The number of hydrogen-bond donors (Lipinski definition) is 3. The second-order valence-corrected chi connectivity index (χ2v) is 8.05. The minimum absolute atomic E-state index is 0.0902. The van der Waals surface area contributed by atoms with E-state index in [2.05, 4.69) is 16.0 Å². The van der Waals surface area contributed by atoms with Crippen molar-refractivity contribution < 1.29 is 18.8 Å². The molecule has 3 aromatic rings. The van der Waals surface area contributed by atoms with E-state index >= 15 is 0 Å². The summed E-state index contributed by atoms with van der Waals surface area (Å²) in [5.41, 5.74) is 2.41. The van der Waals surface area contributed by atoms with Gasteiger partial charge in [0.15, 0.2) is 5.76 Å². The first-order valence-corrected chi connectivity index (χ1v) is 10.8. The maximum Gasteiger partial charge on any atom is 0.287 e. The van der Waals surface area contributed by atoms with E-state index in [0.29, 0.717) is 16.9 Å². The van der Waals surface area contributed by atoms with E-state index in [4.69, 9.17) is 9.68 Å². The van der Waals surface area contributed by atoms with Crippen LogP contribution in [-0.4, -0.2) is 30.8 Å². The Kier molecular flexibility index (Phi) is 7.83. The van der Waals surface area contributed by atoms with Crippen LogP contribution in [0.5, 0.6) is 0 Å². The van der Waals surface area contributed by atoms with Crippen molar-refractivity contribution in [2.45, 2.75) is 26.4 Å². The van der Waals surface area contributed by atoms with Crippen LogP contribution in [0.2, 0.25) is 0 Å². The van der Waals surface area contributed by atoms with Crippen molar-refractivity contribution >= 4 is 17.7 Å². The van der Waals surface area contributed by atoms with Crippen LogP contribution in [0, 0.1) is 17.2 Å². The highest BCUT2D eigenvalue weighted by atomic mass is 16.4. The molecule has 0 saturated heterocycles. The largest absolute Gasteiger partial charge is 0.451 e. The quantitative estimate of drug-likeness (QED) is 0.478. The fourth-order valence-electron chi connectivity index (χ4n) is 3.37. The summed E-state index contributed by atoms with van der Waals surface area (Å²) in [6.07, 6.45) is 0. The Morgan fingerprint density at radius 1 is 1.00 bits per heavy atom. The monoisotopic (exact) mass is 458 g/mol. The summed E-state index contributed by atoms with van der Waals surface area (Å²) in [6, 6.07) is 18.5. The number of carbonyl (C=O) groups is 3. The Labute approximate surface area is 198 Å². The van der Waals surface area contributed by atoms with Crippen LogP contribution in [0.4, 0.5) is 0 Å². The summed E-state index contributed by atoms with van der Waals surface area (Å²) in [7, 11) is 1.52. The maximum atomic E-state index is 12.6. The molecule has 1 atom stereocenters. The van der Waals surface area contributed by atoms with Crippen molar-refractivity contribution in [3.8, 4) is 17.4 Å². The van der Waals surface area contributed by atoms with Crippen LogP contribution in [0.3, 0.4) is 0 Å². The molecular weight excluding hydrogens is 432 g/mol. The Bertz CT molecular complexity index is 1240. The van der Waals surface area contributed by atoms with Crippen molar-refractivity contribution in [2.75, 3.05) is 7.05 Å². The Morgan fingerprint density at radius 3 is 2.47 bits per heavy atom. The number of nitrogens with zero attached hydrogens (tertiary/aromatic N) is 1. The molecule has 8 heteroatoms. The molecule has 34 heavy (non-hydrogen) atoms. The van der Waals surface area contributed by atoms with Gasteiger partial charge in [0.05, 0.1) is 11.6 Å². The number of furan rings is 1. The van der Waals surface area contributed by atoms with Crippen LogP contribution >= 0.6 is 0 Å². The van der Waals surface area contributed by atoms with Gasteiger partial charge in [-0.15, -0.1) is 0 Å². The van der Waals surface area contributed by atoms with Crippen LogP contribution in [0.1, 0.15) is 45.9 Å². The van der Waals surface area contributed by atoms with Gasteiger partial charge in [0, 0.05) is 24.7 Å².